The molecule has 20 heavy (non-hydrogen) atoms. The molecule has 0 spiro atoms. The fraction of sp³-hybridized carbons (Fsp3) is 0.706. The van der Waals surface area contributed by atoms with Gasteiger partial charge in [-0.1, -0.05) is 0 Å². The van der Waals surface area contributed by atoms with E-state index in [1.807, 2.05) is 12.4 Å². The highest BCUT2D eigenvalue weighted by molar-refractivity contribution is 5.09. The fourth-order valence-corrected chi connectivity index (χ4v) is 2.81. The average molecular weight is 275 g/mol. The molecule has 1 fully saturated rings. The van der Waals surface area contributed by atoms with Gasteiger partial charge >= 0.3 is 0 Å². The summed E-state index contributed by atoms with van der Waals surface area (Å²) in [6.07, 6.45) is 7.63. The third-order valence-electron chi connectivity index (χ3n) is 3.99. The fourth-order valence-electron chi connectivity index (χ4n) is 2.81. The van der Waals surface area contributed by atoms with Gasteiger partial charge in [-0.05, 0) is 76.7 Å². The Hall–Kier alpha value is -0.930. The van der Waals surface area contributed by atoms with Crippen LogP contribution in [0.4, 0.5) is 0 Å². The largest absolute Gasteiger partial charge is 0.312 e. The van der Waals surface area contributed by atoms with Crippen molar-refractivity contribution in [3.63, 3.8) is 0 Å². The van der Waals surface area contributed by atoms with Crippen molar-refractivity contribution in [2.45, 2.75) is 45.6 Å². The molecule has 0 radical (unpaired) electrons. The predicted molar refractivity (Wildman–Crippen MR) is 84.9 cm³/mol. The molecule has 0 saturated carbocycles. The number of hydrogen-bond acceptors (Lipinski definition) is 3. The summed E-state index contributed by atoms with van der Waals surface area (Å²) >= 11 is 0. The van der Waals surface area contributed by atoms with Crippen molar-refractivity contribution >= 4 is 0 Å². The Bertz CT molecular complexity index is 383. The van der Waals surface area contributed by atoms with Crippen LogP contribution >= 0.6 is 0 Å². The molecule has 112 valence electrons. The van der Waals surface area contributed by atoms with Crippen LogP contribution in [0, 0.1) is 5.92 Å². The van der Waals surface area contributed by atoms with Gasteiger partial charge in [0, 0.05) is 31.0 Å². The van der Waals surface area contributed by atoms with E-state index in [1.54, 1.807) is 0 Å². The maximum atomic E-state index is 4.08. The van der Waals surface area contributed by atoms with Crippen molar-refractivity contribution in [2.75, 3.05) is 26.2 Å². The topological polar surface area (TPSA) is 28.2 Å². The zero-order valence-corrected chi connectivity index (χ0v) is 13.2. The van der Waals surface area contributed by atoms with Crippen LogP contribution in [0.25, 0.3) is 0 Å². The highest BCUT2D eigenvalue weighted by Crippen LogP contribution is 2.17. The summed E-state index contributed by atoms with van der Waals surface area (Å²) in [5.74, 6) is 0.806. The second kappa shape index (κ2) is 7.19. The first-order valence-electron chi connectivity index (χ1n) is 7.89. The van der Waals surface area contributed by atoms with Gasteiger partial charge in [-0.15, -0.1) is 0 Å². The van der Waals surface area contributed by atoms with Gasteiger partial charge < -0.3 is 10.2 Å². The minimum Gasteiger partial charge on any atom is -0.312 e. The first kappa shape index (κ1) is 15.5. The lowest BCUT2D eigenvalue weighted by Gasteiger charge is -2.34. The molecular formula is C17H29N3. The molecule has 1 unspecified atom stereocenters. The van der Waals surface area contributed by atoms with Crippen LogP contribution in [0.2, 0.25) is 0 Å². The van der Waals surface area contributed by atoms with Gasteiger partial charge in [-0.2, -0.15) is 0 Å². The Morgan fingerprint density at radius 3 is 2.75 bits per heavy atom. The van der Waals surface area contributed by atoms with Gasteiger partial charge in [0.15, 0.2) is 0 Å². The highest BCUT2D eigenvalue weighted by Gasteiger charge is 2.21. The highest BCUT2D eigenvalue weighted by atomic mass is 15.1. The van der Waals surface area contributed by atoms with E-state index in [9.17, 15) is 0 Å². The quantitative estimate of drug-likeness (QED) is 0.895. The van der Waals surface area contributed by atoms with Crippen LogP contribution in [0.1, 0.15) is 39.2 Å². The van der Waals surface area contributed by atoms with Crippen LogP contribution in [0.15, 0.2) is 24.5 Å². The number of likely N-dealkylation sites (tertiary alicyclic amines) is 1. The van der Waals surface area contributed by atoms with Gasteiger partial charge in [0.2, 0.25) is 0 Å². The van der Waals surface area contributed by atoms with E-state index >= 15 is 0 Å². The van der Waals surface area contributed by atoms with Crippen LogP contribution < -0.4 is 5.32 Å². The molecule has 0 aromatic carbocycles. The van der Waals surface area contributed by atoms with Crippen LogP contribution in [-0.4, -0.2) is 41.6 Å². The van der Waals surface area contributed by atoms with E-state index < -0.39 is 0 Å². The predicted octanol–water partition coefficient (Wildman–Crippen LogP) is 2.72. The van der Waals surface area contributed by atoms with E-state index in [0.29, 0.717) is 0 Å². The normalized spacial score (nSPS) is 21.1. The van der Waals surface area contributed by atoms with Gasteiger partial charge in [-0.25, -0.2) is 0 Å². The maximum Gasteiger partial charge on any atom is 0.0270 e. The van der Waals surface area contributed by atoms with Crippen molar-refractivity contribution in [1.82, 2.24) is 15.2 Å². The third kappa shape index (κ3) is 5.59. The molecule has 1 aliphatic heterocycles. The van der Waals surface area contributed by atoms with Gasteiger partial charge in [0.1, 0.15) is 0 Å². The van der Waals surface area contributed by atoms with Gasteiger partial charge in [0.25, 0.3) is 0 Å². The monoisotopic (exact) mass is 275 g/mol. The Labute approximate surface area is 123 Å². The summed E-state index contributed by atoms with van der Waals surface area (Å²) in [5, 5.41) is 3.65. The number of hydrogen-bond donors (Lipinski definition) is 1. The number of pyridine rings is 1. The summed E-state index contributed by atoms with van der Waals surface area (Å²) < 4.78 is 0. The minimum atomic E-state index is 0.235. The summed E-state index contributed by atoms with van der Waals surface area (Å²) in [6, 6.07) is 4.26. The lowest BCUT2D eigenvalue weighted by atomic mass is 9.96. The van der Waals surface area contributed by atoms with Gasteiger partial charge in [0.05, 0.1) is 0 Å². The standard InChI is InChI=1S/C17H29N3/c1-17(2,3)19-13-16-5-4-11-20(14-16)12-8-15-6-9-18-10-7-15/h6-7,9-10,16,19H,4-5,8,11-14H2,1-3H3. The first-order valence-corrected chi connectivity index (χ1v) is 7.89. The molecule has 3 nitrogen and oxygen atoms in total. The van der Waals surface area contributed by atoms with Crippen molar-refractivity contribution in [2.24, 2.45) is 5.92 Å². The molecule has 2 rings (SSSR count). The Morgan fingerprint density at radius 1 is 1.30 bits per heavy atom. The zero-order chi connectivity index (χ0) is 14.4. The lowest BCUT2D eigenvalue weighted by molar-refractivity contribution is 0.168. The van der Waals surface area contributed by atoms with Crippen molar-refractivity contribution in [1.29, 1.82) is 0 Å². The average Bonchev–Trinajstić information content (AvgIpc) is 2.44. The minimum absolute atomic E-state index is 0.235. The van der Waals surface area contributed by atoms with E-state index in [2.05, 4.69) is 48.1 Å². The number of nitrogens with one attached hydrogen (secondary N) is 1. The second-order valence-corrected chi connectivity index (χ2v) is 7.05. The van der Waals surface area contributed by atoms with E-state index in [1.165, 1.54) is 38.0 Å². The molecule has 3 heteroatoms. The molecule has 1 aromatic rings. The zero-order valence-electron chi connectivity index (χ0n) is 13.2. The van der Waals surface area contributed by atoms with Crippen molar-refractivity contribution in [3.05, 3.63) is 30.1 Å². The van der Waals surface area contributed by atoms with Crippen LogP contribution in [0.3, 0.4) is 0 Å². The maximum absolute atomic E-state index is 4.08. The summed E-state index contributed by atoms with van der Waals surface area (Å²) in [5.41, 5.74) is 1.63. The molecule has 2 heterocycles. The Kier molecular flexibility index (Phi) is 5.55. The number of rotatable bonds is 5. The van der Waals surface area contributed by atoms with E-state index in [4.69, 9.17) is 0 Å². The smallest absolute Gasteiger partial charge is 0.0270 e. The van der Waals surface area contributed by atoms with Crippen molar-refractivity contribution < 1.29 is 0 Å². The van der Waals surface area contributed by atoms with Gasteiger partial charge in [-0.3, -0.25) is 4.98 Å². The molecule has 1 atom stereocenters. The second-order valence-electron chi connectivity index (χ2n) is 7.05. The lowest BCUT2D eigenvalue weighted by Crippen LogP contribution is -2.45. The van der Waals surface area contributed by atoms with Crippen molar-refractivity contribution in [3.8, 4) is 0 Å². The molecule has 0 aliphatic carbocycles. The summed E-state index contributed by atoms with van der Waals surface area (Å²) in [4.78, 5) is 6.70. The molecule has 1 saturated heterocycles. The molecule has 1 aromatic heterocycles. The SMILES string of the molecule is CC(C)(C)NCC1CCCN(CCc2ccncc2)C1. The molecule has 0 amide bonds. The molecule has 0 bridgehead atoms. The first-order chi connectivity index (χ1) is 9.53. The van der Waals surface area contributed by atoms with Crippen LogP contribution in [0.5, 0.6) is 0 Å². The number of piperidine rings is 1. The molecule has 1 aliphatic rings. The Balaban J connectivity index is 1.73. The summed E-state index contributed by atoms with van der Waals surface area (Å²) in [7, 11) is 0. The van der Waals surface area contributed by atoms with E-state index in [0.717, 1.165) is 18.9 Å². The summed E-state index contributed by atoms with van der Waals surface area (Å²) in [6.45, 7) is 11.6. The molecular weight excluding hydrogens is 246 g/mol. The molecule has 1 N–H and O–H groups in total. The third-order valence-corrected chi connectivity index (χ3v) is 3.99. The number of aromatic nitrogens is 1. The Morgan fingerprint density at radius 2 is 2.05 bits per heavy atom. The number of nitrogens with zero attached hydrogens (tertiary/aromatic N) is 2. The van der Waals surface area contributed by atoms with E-state index in [-0.39, 0.29) is 5.54 Å². The van der Waals surface area contributed by atoms with Crippen LogP contribution in [-0.2, 0) is 6.42 Å².